The number of hydrogen-bond acceptors (Lipinski definition) is 3. The van der Waals surface area contributed by atoms with Crippen LogP contribution in [0.2, 0.25) is 5.02 Å². The van der Waals surface area contributed by atoms with Crippen molar-refractivity contribution < 1.29 is 14.3 Å². The van der Waals surface area contributed by atoms with Gasteiger partial charge in [0.15, 0.2) is 6.61 Å². The zero-order chi connectivity index (χ0) is 22.5. The van der Waals surface area contributed by atoms with Crippen molar-refractivity contribution in [2.75, 3.05) is 6.61 Å². The van der Waals surface area contributed by atoms with Crippen LogP contribution in [0.15, 0.2) is 46.9 Å². The Hall–Kier alpha value is -2.05. The summed E-state index contributed by atoms with van der Waals surface area (Å²) in [7, 11) is 0. The monoisotopic (exact) mass is 494 g/mol. The van der Waals surface area contributed by atoms with Gasteiger partial charge in [0.25, 0.3) is 5.91 Å². The number of rotatable bonds is 7. The van der Waals surface area contributed by atoms with E-state index in [0.29, 0.717) is 17.3 Å². The molecule has 0 fully saturated rings. The molecule has 2 amide bonds. The summed E-state index contributed by atoms with van der Waals surface area (Å²) in [6.45, 7) is 9.51. The van der Waals surface area contributed by atoms with Crippen molar-refractivity contribution in [3.8, 4) is 5.75 Å². The Balaban J connectivity index is 2.21. The van der Waals surface area contributed by atoms with Gasteiger partial charge >= 0.3 is 0 Å². The van der Waals surface area contributed by atoms with Crippen molar-refractivity contribution >= 4 is 39.3 Å². The summed E-state index contributed by atoms with van der Waals surface area (Å²) in [5, 5.41) is 3.35. The summed E-state index contributed by atoms with van der Waals surface area (Å²) >= 11 is 9.53. The van der Waals surface area contributed by atoms with Gasteiger partial charge in [-0.25, -0.2) is 0 Å². The van der Waals surface area contributed by atoms with Gasteiger partial charge < -0.3 is 15.0 Å². The lowest BCUT2D eigenvalue weighted by atomic mass is 10.1. The highest BCUT2D eigenvalue weighted by atomic mass is 79.9. The summed E-state index contributed by atoms with van der Waals surface area (Å²) in [5.74, 6) is -0.101. The molecule has 0 unspecified atom stereocenters. The Morgan fingerprint density at radius 1 is 1.20 bits per heavy atom. The first-order valence-electron chi connectivity index (χ1n) is 9.72. The molecule has 0 saturated heterocycles. The summed E-state index contributed by atoms with van der Waals surface area (Å²) < 4.78 is 6.48. The van der Waals surface area contributed by atoms with Crippen LogP contribution in [0.1, 0.15) is 38.8 Å². The molecule has 0 heterocycles. The first-order valence-corrected chi connectivity index (χ1v) is 10.9. The van der Waals surface area contributed by atoms with Crippen LogP contribution in [0.3, 0.4) is 0 Å². The number of hydrogen-bond donors (Lipinski definition) is 1. The van der Waals surface area contributed by atoms with E-state index in [1.165, 1.54) is 4.90 Å². The highest BCUT2D eigenvalue weighted by Gasteiger charge is 2.29. The summed E-state index contributed by atoms with van der Waals surface area (Å²) in [4.78, 5) is 27.4. The second-order valence-electron chi connectivity index (χ2n) is 8.23. The molecule has 0 aliphatic heterocycles. The minimum Gasteiger partial charge on any atom is -0.482 e. The molecular formula is C23H28BrClN2O3. The second kappa shape index (κ2) is 10.3. The Morgan fingerprint density at radius 2 is 1.87 bits per heavy atom. The Labute approximate surface area is 191 Å². The summed E-state index contributed by atoms with van der Waals surface area (Å²) in [5.41, 5.74) is 1.63. The van der Waals surface area contributed by atoms with Crippen molar-refractivity contribution in [1.82, 2.24) is 10.2 Å². The molecule has 0 aromatic heterocycles. The molecule has 2 aromatic carbocycles. The van der Waals surface area contributed by atoms with Gasteiger partial charge in [-0.15, -0.1) is 0 Å². The quantitative estimate of drug-likeness (QED) is 0.580. The molecule has 0 aliphatic rings. The van der Waals surface area contributed by atoms with Crippen LogP contribution >= 0.6 is 27.5 Å². The molecule has 1 atom stereocenters. The predicted molar refractivity (Wildman–Crippen MR) is 124 cm³/mol. The van der Waals surface area contributed by atoms with Crippen LogP contribution in [0.25, 0.3) is 0 Å². The molecule has 162 valence electrons. The fourth-order valence-corrected chi connectivity index (χ4v) is 3.57. The summed E-state index contributed by atoms with van der Waals surface area (Å²) in [6.07, 6.45) is 0. The number of carbonyl (C=O) groups is 2. The smallest absolute Gasteiger partial charge is 0.261 e. The zero-order valence-electron chi connectivity index (χ0n) is 18.0. The Morgan fingerprint density at radius 3 is 2.47 bits per heavy atom. The van der Waals surface area contributed by atoms with E-state index in [9.17, 15) is 9.59 Å². The molecule has 7 heteroatoms. The van der Waals surface area contributed by atoms with Crippen LogP contribution in [0.4, 0.5) is 0 Å². The lowest BCUT2D eigenvalue weighted by Crippen LogP contribution is -2.53. The van der Waals surface area contributed by atoms with Crippen molar-refractivity contribution in [2.24, 2.45) is 0 Å². The van der Waals surface area contributed by atoms with E-state index >= 15 is 0 Å². The molecule has 0 radical (unpaired) electrons. The minimum atomic E-state index is -0.666. The average molecular weight is 496 g/mol. The standard InChI is InChI=1S/C23H28BrClN2O3/c1-15-8-6-7-9-17(15)13-27(16(2)22(29)26-23(3,4)5)21(28)14-30-20-11-10-18(24)12-19(20)25/h6-12,16H,13-14H2,1-5H3,(H,26,29)/t16-/m0/s1. The lowest BCUT2D eigenvalue weighted by Gasteiger charge is -2.31. The molecule has 2 aromatic rings. The molecular weight excluding hydrogens is 468 g/mol. The number of halogens is 2. The number of carbonyl (C=O) groups excluding carboxylic acids is 2. The second-order valence-corrected chi connectivity index (χ2v) is 9.55. The normalized spacial score (nSPS) is 12.2. The Bertz CT molecular complexity index is 912. The van der Waals surface area contributed by atoms with Gasteiger partial charge in [-0.3, -0.25) is 9.59 Å². The van der Waals surface area contributed by atoms with Crippen molar-refractivity contribution in [3.05, 3.63) is 63.1 Å². The molecule has 0 saturated carbocycles. The van der Waals surface area contributed by atoms with Crippen molar-refractivity contribution in [1.29, 1.82) is 0 Å². The first kappa shape index (κ1) is 24.2. The van der Waals surface area contributed by atoms with Gasteiger partial charge in [-0.2, -0.15) is 0 Å². The van der Waals surface area contributed by atoms with E-state index in [4.69, 9.17) is 16.3 Å². The maximum Gasteiger partial charge on any atom is 0.261 e. The highest BCUT2D eigenvalue weighted by Crippen LogP contribution is 2.27. The first-order chi connectivity index (χ1) is 14.0. The molecule has 0 aliphatic carbocycles. The molecule has 2 rings (SSSR count). The van der Waals surface area contributed by atoms with Crippen LogP contribution in [-0.4, -0.2) is 34.9 Å². The number of aryl methyl sites for hydroxylation is 1. The van der Waals surface area contributed by atoms with E-state index in [1.807, 2.05) is 52.0 Å². The molecule has 0 spiro atoms. The van der Waals surface area contributed by atoms with Gasteiger partial charge in [-0.05, 0) is 63.9 Å². The molecule has 30 heavy (non-hydrogen) atoms. The number of benzene rings is 2. The van der Waals surface area contributed by atoms with Gasteiger partial charge in [-0.1, -0.05) is 51.8 Å². The molecule has 5 nitrogen and oxygen atoms in total. The van der Waals surface area contributed by atoms with E-state index in [1.54, 1.807) is 25.1 Å². The van der Waals surface area contributed by atoms with Gasteiger partial charge in [0.1, 0.15) is 11.8 Å². The maximum atomic E-state index is 13.1. The lowest BCUT2D eigenvalue weighted by molar-refractivity contribution is -0.142. The molecule has 0 bridgehead atoms. The number of nitrogens with zero attached hydrogens (tertiary/aromatic N) is 1. The van der Waals surface area contributed by atoms with E-state index in [2.05, 4.69) is 21.2 Å². The number of ether oxygens (including phenoxy) is 1. The fourth-order valence-electron chi connectivity index (χ4n) is 2.84. The third-order valence-corrected chi connectivity index (χ3v) is 5.30. The van der Waals surface area contributed by atoms with Crippen LogP contribution in [0, 0.1) is 6.92 Å². The largest absolute Gasteiger partial charge is 0.482 e. The van der Waals surface area contributed by atoms with Crippen LogP contribution in [0.5, 0.6) is 5.75 Å². The Kier molecular flexibility index (Phi) is 8.33. The van der Waals surface area contributed by atoms with Gasteiger partial charge in [0.2, 0.25) is 5.91 Å². The van der Waals surface area contributed by atoms with Gasteiger partial charge in [0, 0.05) is 16.6 Å². The van der Waals surface area contributed by atoms with Crippen molar-refractivity contribution in [2.45, 2.75) is 52.7 Å². The van der Waals surface area contributed by atoms with Crippen LogP contribution < -0.4 is 10.1 Å². The van der Waals surface area contributed by atoms with Crippen molar-refractivity contribution in [3.63, 3.8) is 0 Å². The van der Waals surface area contributed by atoms with E-state index < -0.39 is 11.6 Å². The summed E-state index contributed by atoms with van der Waals surface area (Å²) in [6, 6.07) is 12.3. The van der Waals surface area contributed by atoms with E-state index in [-0.39, 0.29) is 18.4 Å². The third kappa shape index (κ3) is 7.03. The maximum absolute atomic E-state index is 13.1. The van der Waals surface area contributed by atoms with Gasteiger partial charge in [0.05, 0.1) is 5.02 Å². The van der Waals surface area contributed by atoms with Crippen LogP contribution in [-0.2, 0) is 16.1 Å². The predicted octanol–water partition coefficient (Wildman–Crippen LogP) is 5.12. The topological polar surface area (TPSA) is 58.6 Å². The SMILES string of the molecule is Cc1ccccc1CN(C(=O)COc1ccc(Br)cc1Cl)[C@@H](C)C(=O)NC(C)(C)C. The fraction of sp³-hybridized carbons (Fsp3) is 0.391. The average Bonchev–Trinajstić information content (AvgIpc) is 2.64. The number of amides is 2. The minimum absolute atomic E-state index is 0.217. The molecule has 1 N–H and O–H groups in total. The van der Waals surface area contributed by atoms with E-state index in [0.717, 1.165) is 15.6 Å². The highest BCUT2D eigenvalue weighted by molar-refractivity contribution is 9.10. The zero-order valence-corrected chi connectivity index (χ0v) is 20.3. The number of nitrogens with one attached hydrogen (secondary N) is 1. The third-order valence-electron chi connectivity index (χ3n) is 4.51.